The number of halogens is 2. The maximum atomic E-state index is 12.3. The van der Waals surface area contributed by atoms with E-state index in [4.69, 9.17) is 23.2 Å². The summed E-state index contributed by atoms with van der Waals surface area (Å²) < 4.78 is 4.69. The molecule has 0 spiro atoms. The zero-order chi connectivity index (χ0) is 23.3. The van der Waals surface area contributed by atoms with Crippen molar-refractivity contribution in [3.05, 3.63) is 74.2 Å². The molecule has 0 aliphatic carbocycles. The second-order valence-corrected chi connectivity index (χ2v) is 8.54. The first-order valence-corrected chi connectivity index (χ1v) is 11.1. The van der Waals surface area contributed by atoms with Crippen molar-refractivity contribution < 1.29 is 19.1 Å². The van der Waals surface area contributed by atoms with Crippen LogP contribution in [0.3, 0.4) is 0 Å². The molecule has 7 nitrogen and oxygen atoms in total. The zero-order valence-electron chi connectivity index (χ0n) is 16.8. The number of amides is 2. The van der Waals surface area contributed by atoms with Crippen LogP contribution in [0.25, 0.3) is 0 Å². The minimum atomic E-state index is -0.485. The standard InChI is InChI=1S/C22H17Cl2N3O4S/c1-31-22(30)13-4-2-12(3-5-13)15-9-19(28)27-21(16(15)10-25)32-11-20(29)26-14-6-7-17(23)18(24)8-14/h2-8,15H,9,11H2,1H3,(H,26,29)(H,27,28)/t15-/m1/s1. The van der Waals surface area contributed by atoms with E-state index in [-0.39, 0.29) is 24.0 Å². The summed E-state index contributed by atoms with van der Waals surface area (Å²) in [6, 6.07) is 13.4. The van der Waals surface area contributed by atoms with Crippen molar-refractivity contribution >= 4 is 58.4 Å². The van der Waals surface area contributed by atoms with E-state index in [0.29, 0.717) is 37.5 Å². The van der Waals surface area contributed by atoms with Crippen molar-refractivity contribution in [3.8, 4) is 6.07 Å². The van der Waals surface area contributed by atoms with E-state index in [2.05, 4.69) is 21.4 Å². The van der Waals surface area contributed by atoms with Crippen LogP contribution in [0, 0.1) is 11.3 Å². The Morgan fingerprint density at radius 1 is 1.22 bits per heavy atom. The predicted molar refractivity (Wildman–Crippen MR) is 123 cm³/mol. The molecule has 10 heteroatoms. The summed E-state index contributed by atoms with van der Waals surface area (Å²) >= 11 is 12.9. The van der Waals surface area contributed by atoms with Gasteiger partial charge in [-0.1, -0.05) is 47.1 Å². The smallest absolute Gasteiger partial charge is 0.337 e. The van der Waals surface area contributed by atoms with Crippen LogP contribution in [-0.2, 0) is 14.3 Å². The molecular weight excluding hydrogens is 473 g/mol. The highest BCUT2D eigenvalue weighted by Crippen LogP contribution is 2.36. The van der Waals surface area contributed by atoms with E-state index in [0.717, 1.165) is 11.8 Å². The van der Waals surface area contributed by atoms with Gasteiger partial charge in [0.15, 0.2) is 0 Å². The Bertz CT molecular complexity index is 1140. The number of ether oxygens (including phenoxy) is 1. The monoisotopic (exact) mass is 489 g/mol. The topological polar surface area (TPSA) is 108 Å². The molecule has 2 amide bonds. The summed E-state index contributed by atoms with van der Waals surface area (Å²) in [7, 11) is 1.29. The minimum absolute atomic E-state index is 0.0327. The third-order valence-corrected chi connectivity index (χ3v) is 6.40. The molecule has 0 fully saturated rings. The number of hydrogen-bond acceptors (Lipinski definition) is 6. The van der Waals surface area contributed by atoms with Crippen LogP contribution in [0.4, 0.5) is 5.69 Å². The molecule has 1 aliphatic rings. The van der Waals surface area contributed by atoms with E-state index in [1.807, 2.05) is 0 Å². The fourth-order valence-corrected chi connectivity index (χ4v) is 4.27. The number of nitrogens with zero attached hydrogens (tertiary/aromatic N) is 1. The molecule has 3 rings (SSSR count). The average Bonchev–Trinajstić information content (AvgIpc) is 2.79. The van der Waals surface area contributed by atoms with Gasteiger partial charge in [-0.15, -0.1) is 0 Å². The van der Waals surface area contributed by atoms with Gasteiger partial charge in [0, 0.05) is 18.0 Å². The third-order valence-electron chi connectivity index (χ3n) is 4.64. The van der Waals surface area contributed by atoms with Crippen LogP contribution >= 0.6 is 35.0 Å². The van der Waals surface area contributed by atoms with Crippen LogP contribution in [0.5, 0.6) is 0 Å². The maximum absolute atomic E-state index is 12.3. The van der Waals surface area contributed by atoms with Crippen LogP contribution in [0.15, 0.2) is 53.1 Å². The molecule has 0 saturated heterocycles. The molecule has 1 atom stereocenters. The van der Waals surface area contributed by atoms with E-state index in [1.54, 1.807) is 36.4 Å². The van der Waals surface area contributed by atoms with Crippen LogP contribution in [-0.4, -0.2) is 30.6 Å². The number of benzene rings is 2. The Balaban J connectivity index is 1.75. The molecule has 2 aromatic rings. The highest BCUT2D eigenvalue weighted by atomic mass is 35.5. The first-order chi connectivity index (χ1) is 15.3. The number of nitrogens with one attached hydrogen (secondary N) is 2. The van der Waals surface area contributed by atoms with Crippen LogP contribution < -0.4 is 10.6 Å². The molecule has 0 unspecified atom stereocenters. The molecule has 164 valence electrons. The van der Waals surface area contributed by atoms with Crippen molar-refractivity contribution in [2.45, 2.75) is 12.3 Å². The number of hydrogen-bond donors (Lipinski definition) is 2. The molecule has 2 aromatic carbocycles. The van der Waals surface area contributed by atoms with Gasteiger partial charge in [0.2, 0.25) is 11.8 Å². The molecule has 0 radical (unpaired) electrons. The maximum Gasteiger partial charge on any atom is 0.337 e. The Morgan fingerprint density at radius 3 is 2.56 bits per heavy atom. The quantitative estimate of drug-likeness (QED) is 0.578. The number of anilines is 1. The van der Waals surface area contributed by atoms with Crippen LogP contribution in [0.2, 0.25) is 10.0 Å². The molecule has 32 heavy (non-hydrogen) atoms. The summed E-state index contributed by atoms with van der Waals surface area (Å²) in [5.74, 6) is -1.59. The van der Waals surface area contributed by atoms with Gasteiger partial charge >= 0.3 is 5.97 Å². The second kappa shape index (κ2) is 10.6. The second-order valence-electron chi connectivity index (χ2n) is 6.74. The lowest BCUT2D eigenvalue weighted by molar-refractivity contribution is -0.121. The molecule has 1 aliphatic heterocycles. The van der Waals surface area contributed by atoms with Gasteiger partial charge in [-0.2, -0.15) is 5.26 Å². The van der Waals surface area contributed by atoms with E-state index >= 15 is 0 Å². The summed E-state index contributed by atoms with van der Waals surface area (Å²) in [5.41, 5.74) is 1.91. The molecule has 0 saturated carbocycles. The molecule has 0 bridgehead atoms. The number of nitriles is 1. The number of thioether (sulfide) groups is 1. The zero-order valence-corrected chi connectivity index (χ0v) is 19.1. The van der Waals surface area contributed by atoms with Gasteiger partial charge in [0.05, 0.1) is 45.1 Å². The van der Waals surface area contributed by atoms with Gasteiger partial charge in [0.25, 0.3) is 0 Å². The van der Waals surface area contributed by atoms with E-state index in [1.165, 1.54) is 13.2 Å². The fraction of sp³-hybridized carbons (Fsp3) is 0.182. The van der Waals surface area contributed by atoms with E-state index < -0.39 is 11.9 Å². The predicted octanol–water partition coefficient (Wildman–Crippen LogP) is 4.49. The van der Waals surface area contributed by atoms with Crippen molar-refractivity contribution in [1.29, 1.82) is 5.26 Å². The normalized spacial score (nSPS) is 15.6. The number of carbonyl (C=O) groups is 3. The third kappa shape index (κ3) is 5.62. The molecule has 2 N–H and O–H groups in total. The summed E-state index contributed by atoms with van der Waals surface area (Å²) in [6.07, 6.45) is 0.0833. The lowest BCUT2D eigenvalue weighted by Gasteiger charge is -2.25. The van der Waals surface area contributed by atoms with Gasteiger partial charge in [0.1, 0.15) is 0 Å². The van der Waals surface area contributed by atoms with Crippen molar-refractivity contribution in [3.63, 3.8) is 0 Å². The number of carbonyl (C=O) groups excluding carboxylic acids is 3. The van der Waals surface area contributed by atoms with Gasteiger partial charge in [-0.25, -0.2) is 4.79 Å². The number of methoxy groups -OCH3 is 1. The molecule has 0 aromatic heterocycles. The highest BCUT2D eigenvalue weighted by molar-refractivity contribution is 8.03. The SMILES string of the molecule is COC(=O)c1ccc([C@H]2CC(=O)NC(SCC(=O)Nc3ccc(Cl)c(Cl)c3)=C2C#N)cc1. The largest absolute Gasteiger partial charge is 0.465 e. The number of rotatable bonds is 6. The lowest BCUT2D eigenvalue weighted by Crippen LogP contribution is -2.31. The Kier molecular flexibility index (Phi) is 7.80. The van der Waals surface area contributed by atoms with Gasteiger partial charge in [-0.3, -0.25) is 9.59 Å². The molecular formula is C22H17Cl2N3O4S. The lowest BCUT2D eigenvalue weighted by atomic mass is 9.87. The fourth-order valence-electron chi connectivity index (χ4n) is 3.10. The number of allylic oxidation sites excluding steroid dienone is 1. The van der Waals surface area contributed by atoms with Crippen molar-refractivity contribution in [1.82, 2.24) is 5.32 Å². The average molecular weight is 490 g/mol. The van der Waals surface area contributed by atoms with Crippen molar-refractivity contribution in [2.24, 2.45) is 0 Å². The minimum Gasteiger partial charge on any atom is -0.465 e. The Labute approximate surface area is 198 Å². The molecule has 1 heterocycles. The first kappa shape index (κ1) is 23.7. The summed E-state index contributed by atoms with van der Waals surface area (Å²) in [4.78, 5) is 36.3. The van der Waals surface area contributed by atoms with Gasteiger partial charge in [-0.05, 0) is 35.9 Å². The van der Waals surface area contributed by atoms with Crippen LogP contribution in [0.1, 0.15) is 28.3 Å². The van der Waals surface area contributed by atoms with E-state index in [9.17, 15) is 19.6 Å². The highest BCUT2D eigenvalue weighted by Gasteiger charge is 2.30. The first-order valence-electron chi connectivity index (χ1n) is 9.32. The Morgan fingerprint density at radius 2 is 1.94 bits per heavy atom. The van der Waals surface area contributed by atoms with Gasteiger partial charge < -0.3 is 15.4 Å². The van der Waals surface area contributed by atoms with Crippen molar-refractivity contribution in [2.75, 3.05) is 18.2 Å². The number of esters is 1. The summed E-state index contributed by atoms with van der Waals surface area (Å²) in [6.45, 7) is 0. The Hall–Kier alpha value is -2.99. The summed E-state index contributed by atoms with van der Waals surface area (Å²) in [5, 5.41) is 16.1.